The number of hydrogen-bond acceptors (Lipinski definition) is 3. The Morgan fingerprint density at radius 2 is 1.80 bits per heavy atom. The number of aliphatic imine (C=N–C) groups is 1. The predicted octanol–water partition coefficient (Wildman–Crippen LogP) is 3.48. The molecule has 0 atom stereocenters. The van der Waals surface area contributed by atoms with Gasteiger partial charge in [0, 0.05) is 50.4 Å². The number of rotatable bonds is 5. The third kappa shape index (κ3) is 8.39. The number of hydrogen-bond donors (Lipinski definition) is 2. The summed E-state index contributed by atoms with van der Waals surface area (Å²) in [6.07, 6.45) is -5.04. The van der Waals surface area contributed by atoms with Gasteiger partial charge in [-0.1, -0.05) is 12.1 Å². The Hall–Kier alpha value is -0.840. The number of thioether (sulfide) groups is 1. The van der Waals surface area contributed by atoms with Crippen molar-refractivity contribution in [3.8, 4) is 0 Å². The Morgan fingerprint density at radius 3 is 2.36 bits per heavy atom. The van der Waals surface area contributed by atoms with Crippen LogP contribution in [-0.4, -0.2) is 50.3 Å². The van der Waals surface area contributed by atoms with E-state index in [1.54, 1.807) is 7.05 Å². The average molecular weight is 488 g/mol. The molecular weight excluding hydrogens is 464 g/mol. The molecule has 0 radical (unpaired) electrons. The Balaban J connectivity index is 0.00000312. The quantitative estimate of drug-likeness (QED) is 0.379. The fourth-order valence-electron chi connectivity index (χ4n) is 2.38. The van der Waals surface area contributed by atoms with Crippen molar-refractivity contribution in [3.63, 3.8) is 0 Å². The molecule has 0 aliphatic carbocycles. The summed E-state index contributed by atoms with van der Waals surface area (Å²) in [6.45, 7) is 2.47. The topological polar surface area (TPSA) is 39.7 Å². The minimum atomic E-state index is -4.16. The maximum absolute atomic E-state index is 12.1. The first kappa shape index (κ1) is 22.2. The van der Waals surface area contributed by atoms with Crippen LogP contribution in [0.1, 0.15) is 12.0 Å². The Kier molecular flexibility index (Phi) is 9.77. The van der Waals surface area contributed by atoms with Gasteiger partial charge >= 0.3 is 6.18 Å². The van der Waals surface area contributed by atoms with Crippen LogP contribution < -0.4 is 15.5 Å². The van der Waals surface area contributed by atoms with E-state index in [4.69, 9.17) is 0 Å². The highest BCUT2D eigenvalue weighted by atomic mass is 127. The molecule has 0 aromatic heterocycles. The van der Waals surface area contributed by atoms with Crippen molar-refractivity contribution in [1.29, 1.82) is 0 Å². The van der Waals surface area contributed by atoms with Crippen molar-refractivity contribution in [2.45, 2.75) is 19.1 Å². The van der Waals surface area contributed by atoms with Crippen LogP contribution in [-0.2, 0) is 6.54 Å². The van der Waals surface area contributed by atoms with Crippen LogP contribution in [0, 0.1) is 0 Å². The lowest BCUT2D eigenvalue weighted by molar-refractivity contribution is -0.132. The molecule has 4 nitrogen and oxygen atoms in total. The molecule has 1 aromatic rings. The van der Waals surface area contributed by atoms with E-state index in [2.05, 4.69) is 32.7 Å². The maximum atomic E-state index is 12.1. The van der Waals surface area contributed by atoms with E-state index in [9.17, 15) is 13.2 Å². The molecule has 25 heavy (non-hydrogen) atoms. The molecule has 1 fully saturated rings. The lowest BCUT2D eigenvalue weighted by Crippen LogP contribution is -2.38. The van der Waals surface area contributed by atoms with E-state index in [1.165, 1.54) is 5.69 Å². The van der Waals surface area contributed by atoms with E-state index in [0.29, 0.717) is 12.5 Å². The highest BCUT2D eigenvalue weighted by Crippen LogP contribution is 2.20. The minimum Gasteiger partial charge on any atom is -0.370 e. The molecule has 0 spiro atoms. The number of guanidine groups is 1. The van der Waals surface area contributed by atoms with Crippen molar-refractivity contribution in [1.82, 2.24) is 10.6 Å². The van der Waals surface area contributed by atoms with Gasteiger partial charge in [-0.2, -0.15) is 24.9 Å². The molecule has 1 aromatic carbocycles. The van der Waals surface area contributed by atoms with Gasteiger partial charge in [0.05, 0.1) is 6.42 Å². The van der Waals surface area contributed by atoms with E-state index in [1.807, 2.05) is 23.9 Å². The van der Waals surface area contributed by atoms with Crippen molar-refractivity contribution in [3.05, 3.63) is 29.8 Å². The zero-order valence-corrected chi connectivity index (χ0v) is 17.3. The van der Waals surface area contributed by atoms with Crippen molar-refractivity contribution < 1.29 is 13.2 Å². The largest absolute Gasteiger partial charge is 0.390 e. The monoisotopic (exact) mass is 488 g/mol. The molecule has 9 heteroatoms. The molecule has 2 rings (SSSR count). The van der Waals surface area contributed by atoms with Crippen LogP contribution in [0.15, 0.2) is 29.3 Å². The van der Waals surface area contributed by atoms with Gasteiger partial charge < -0.3 is 15.5 Å². The first-order valence-electron chi connectivity index (χ1n) is 7.91. The summed E-state index contributed by atoms with van der Waals surface area (Å²) >= 11 is 1.98. The first-order chi connectivity index (χ1) is 11.5. The molecular formula is C16H24F3IN4S. The molecule has 2 N–H and O–H groups in total. The average Bonchev–Trinajstić information content (AvgIpc) is 2.58. The second kappa shape index (κ2) is 11.0. The zero-order valence-electron chi connectivity index (χ0n) is 14.1. The van der Waals surface area contributed by atoms with Gasteiger partial charge in [0.25, 0.3) is 0 Å². The Labute approximate surface area is 168 Å². The zero-order chi connectivity index (χ0) is 17.4. The number of nitrogens with one attached hydrogen (secondary N) is 2. The van der Waals surface area contributed by atoms with Crippen LogP contribution in [0.4, 0.5) is 18.9 Å². The minimum absolute atomic E-state index is 0. The van der Waals surface area contributed by atoms with Crippen LogP contribution in [0.2, 0.25) is 0 Å². The number of anilines is 1. The molecule has 1 saturated heterocycles. The summed E-state index contributed by atoms with van der Waals surface area (Å²) in [5.41, 5.74) is 2.27. The summed E-state index contributed by atoms with van der Waals surface area (Å²) in [7, 11) is 1.54. The van der Waals surface area contributed by atoms with Gasteiger partial charge in [-0.15, -0.1) is 24.0 Å². The van der Waals surface area contributed by atoms with E-state index >= 15 is 0 Å². The first-order valence-corrected chi connectivity index (χ1v) is 9.06. The molecule has 0 saturated carbocycles. The van der Waals surface area contributed by atoms with Gasteiger partial charge in [0.15, 0.2) is 5.96 Å². The third-order valence-electron chi connectivity index (χ3n) is 3.70. The number of nitrogens with zero attached hydrogens (tertiary/aromatic N) is 2. The fraction of sp³-hybridized carbons (Fsp3) is 0.562. The Bertz CT molecular complexity index is 531. The van der Waals surface area contributed by atoms with E-state index in [-0.39, 0.29) is 30.5 Å². The second-order valence-electron chi connectivity index (χ2n) is 5.48. The second-order valence-corrected chi connectivity index (χ2v) is 6.71. The number of halogens is 4. The van der Waals surface area contributed by atoms with Crippen molar-refractivity contribution in [2.75, 3.05) is 43.1 Å². The van der Waals surface area contributed by atoms with Crippen LogP contribution in [0.5, 0.6) is 0 Å². The van der Waals surface area contributed by atoms with Crippen molar-refractivity contribution >= 4 is 47.4 Å². The summed E-state index contributed by atoms with van der Waals surface area (Å²) in [5.74, 6) is 2.68. The summed E-state index contributed by atoms with van der Waals surface area (Å²) in [6, 6.07) is 8.25. The van der Waals surface area contributed by atoms with Gasteiger partial charge in [-0.05, 0) is 17.7 Å². The molecule has 0 amide bonds. The van der Waals surface area contributed by atoms with Crippen LogP contribution >= 0.6 is 35.7 Å². The van der Waals surface area contributed by atoms with Gasteiger partial charge in [-0.3, -0.25) is 4.99 Å². The molecule has 1 aliphatic heterocycles. The smallest absolute Gasteiger partial charge is 0.370 e. The van der Waals surface area contributed by atoms with Crippen LogP contribution in [0.3, 0.4) is 0 Å². The fourth-order valence-corrected chi connectivity index (χ4v) is 3.28. The lowest BCUT2D eigenvalue weighted by atomic mass is 10.2. The molecule has 1 heterocycles. The summed E-state index contributed by atoms with van der Waals surface area (Å²) in [4.78, 5) is 6.30. The van der Waals surface area contributed by atoms with Crippen molar-refractivity contribution in [2.24, 2.45) is 4.99 Å². The molecule has 1 aliphatic rings. The van der Waals surface area contributed by atoms with Crippen LogP contribution in [0.25, 0.3) is 0 Å². The molecule has 142 valence electrons. The lowest BCUT2D eigenvalue weighted by Gasteiger charge is -2.28. The number of benzene rings is 1. The third-order valence-corrected chi connectivity index (χ3v) is 4.64. The Morgan fingerprint density at radius 1 is 1.16 bits per heavy atom. The highest BCUT2D eigenvalue weighted by Gasteiger charge is 2.26. The molecule has 0 unspecified atom stereocenters. The highest BCUT2D eigenvalue weighted by molar-refractivity contribution is 14.0. The summed E-state index contributed by atoms with van der Waals surface area (Å²) in [5, 5.41) is 5.69. The predicted molar refractivity (Wildman–Crippen MR) is 110 cm³/mol. The van der Waals surface area contributed by atoms with E-state index < -0.39 is 12.6 Å². The maximum Gasteiger partial charge on any atom is 0.390 e. The molecule has 0 bridgehead atoms. The number of alkyl halides is 3. The SMILES string of the molecule is CN=C(NCCC(F)(F)F)NCc1ccc(N2CCSCC2)cc1.I. The summed E-state index contributed by atoms with van der Waals surface area (Å²) < 4.78 is 36.4. The van der Waals surface area contributed by atoms with Gasteiger partial charge in [0.2, 0.25) is 0 Å². The van der Waals surface area contributed by atoms with Gasteiger partial charge in [-0.25, -0.2) is 0 Å². The normalized spacial score (nSPS) is 15.5. The van der Waals surface area contributed by atoms with E-state index in [0.717, 1.165) is 30.2 Å². The van der Waals surface area contributed by atoms with Gasteiger partial charge in [0.1, 0.15) is 0 Å². The standard InChI is InChI=1S/C16H23F3N4S.HI/c1-20-15(21-7-6-16(17,18)19)22-12-13-2-4-14(5-3-13)23-8-10-24-11-9-23;/h2-5H,6-12H2,1H3,(H2,20,21,22);1H.